The summed E-state index contributed by atoms with van der Waals surface area (Å²) in [5.74, 6) is 0. The first-order valence-corrected chi connectivity index (χ1v) is 14.5. The molecule has 0 unspecified atom stereocenters. The van der Waals surface area contributed by atoms with Crippen LogP contribution in [0, 0.1) is 0 Å². The molecule has 0 bridgehead atoms. The zero-order chi connectivity index (χ0) is 27.3. The highest BCUT2D eigenvalue weighted by atomic mass is 32.1. The van der Waals surface area contributed by atoms with E-state index in [1.54, 1.807) is 16.3 Å². The van der Waals surface area contributed by atoms with Crippen LogP contribution in [0.3, 0.4) is 0 Å². The Labute approximate surface area is 238 Å². The Bertz CT molecular complexity index is 1610. The van der Waals surface area contributed by atoms with Crippen molar-refractivity contribution in [3.8, 4) is 11.1 Å². The molecule has 0 radical (unpaired) electrons. The minimum atomic E-state index is -0.136. The molecule has 7 heteroatoms. The van der Waals surface area contributed by atoms with E-state index in [0.717, 1.165) is 45.0 Å². The Kier molecular flexibility index (Phi) is 7.66. The number of para-hydroxylation sites is 2. The number of rotatable bonds is 9. The van der Waals surface area contributed by atoms with Crippen molar-refractivity contribution in [3.05, 3.63) is 119 Å². The monoisotopic (exact) mass is 545 g/mol. The third kappa shape index (κ3) is 5.52. The molecule has 1 aliphatic heterocycles. The fraction of sp³-hybridized carbons (Fsp3) is 0.182. The lowest BCUT2D eigenvalue weighted by Gasteiger charge is -2.26. The fourth-order valence-electron chi connectivity index (χ4n) is 5.03. The van der Waals surface area contributed by atoms with Crippen molar-refractivity contribution in [1.82, 2.24) is 9.99 Å². The number of urea groups is 1. The molecule has 200 valence electrons. The van der Waals surface area contributed by atoms with Crippen molar-refractivity contribution in [2.75, 3.05) is 18.0 Å². The molecule has 1 aromatic heterocycles. The maximum atomic E-state index is 13.9. The highest BCUT2D eigenvalue weighted by Crippen LogP contribution is 2.31. The van der Waals surface area contributed by atoms with Crippen molar-refractivity contribution in [3.63, 3.8) is 0 Å². The molecule has 2 amide bonds. The van der Waals surface area contributed by atoms with Crippen LogP contribution in [0.2, 0.25) is 0 Å². The lowest BCUT2D eigenvalue weighted by molar-refractivity contribution is 0.206. The summed E-state index contributed by atoms with van der Waals surface area (Å²) in [6, 6.07) is 34.9. The van der Waals surface area contributed by atoms with E-state index in [1.807, 2.05) is 59.5 Å². The SMILES string of the molecule is NCCCN1N=C(CCc2nc3ccccc3s2)c2ccccc2N(Cc2ccc(-c3ccccc3)cc2)C1=O. The number of hydrazone groups is 1. The van der Waals surface area contributed by atoms with Gasteiger partial charge in [-0.2, -0.15) is 5.10 Å². The molecule has 0 atom stereocenters. The van der Waals surface area contributed by atoms with Gasteiger partial charge < -0.3 is 5.73 Å². The maximum absolute atomic E-state index is 13.9. The molecule has 4 aromatic carbocycles. The van der Waals surface area contributed by atoms with Gasteiger partial charge in [-0.1, -0.05) is 84.9 Å². The third-order valence-corrected chi connectivity index (χ3v) is 8.18. The number of nitrogens with two attached hydrogens (primary N) is 1. The topological polar surface area (TPSA) is 74.8 Å². The van der Waals surface area contributed by atoms with Crippen molar-refractivity contribution >= 4 is 39.0 Å². The molecule has 0 aliphatic carbocycles. The highest BCUT2D eigenvalue weighted by molar-refractivity contribution is 7.18. The summed E-state index contributed by atoms with van der Waals surface area (Å²) in [6.07, 6.45) is 2.12. The predicted molar refractivity (Wildman–Crippen MR) is 165 cm³/mol. The van der Waals surface area contributed by atoms with Crippen LogP contribution in [0.15, 0.2) is 108 Å². The number of aromatic nitrogens is 1. The largest absolute Gasteiger partial charge is 0.345 e. The Hall–Kier alpha value is -4.33. The number of hydrogen-bond acceptors (Lipinski definition) is 5. The van der Waals surface area contributed by atoms with Crippen LogP contribution in [0.4, 0.5) is 10.5 Å². The molecule has 2 heterocycles. The van der Waals surface area contributed by atoms with Gasteiger partial charge in [0, 0.05) is 18.5 Å². The molecule has 6 rings (SSSR count). The first-order valence-electron chi connectivity index (χ1n) is 13.6. The minimum absolute atomic E-state index is 0.136. The molecule has 0 spiro atoms. The lowest BCUT2D eigenvalue weighted by atomic mass is 10.0. The summed E-state index contributed by atoms with van der Waals surface area (Å²) in [5, 5.41) is 7.60. The Morgan fingerprint density at radius 2 is 1.50 bits per heavy atom. The van der Waals surface area contributed by atoms with Gasteiger partial charge in [-0.15, -0.1) is 11.3 Å². The zero-order valence-corrected chi connectivity index (χ0v) is 23.1. The number of thiazole rings is 1. The molecule has 2 N–H and O–H groups in total. The van der Waals surface area contributed by atoms with Gasteiger partial charge in [0.15, 0.2) is 0 Å². The van der Waals surface area contributed by atoms with Crippen molar-refractivity contribution < 1.29 is 4.79 Å². The average Bonchev–Trinajstić information content (AvgIpc) is 3.39. The van der Waals surface area contributed by atoms with Crippen LogP contribution in [0.25, 0.3) is 21.3 Å². The Morgan fingerprint density at radius 3 is 2.30 bits per heavy atom. The number of benzene rings is 4. The molecular formula is C33H31N5OS. The summed E-state index contributed by atoms with van der Waals surface area (Å²) >= 11 is 1.72. The molecule has 40 heavy (non-hydrogen) atoms. The summed E-state index contributed by atoms with van der Waals surface area (Å²) in [6.45, 7) is 1.41. The maximum Gasteiger partial charge on any atom is 0.345 e. The minimum Gasteiger partial charge on any atom is -0.330 e. The number of carbonyl (C=O) groups is 1. The zero-order valence-electron chi connectivity index (χ0n) is 22.2. The van der Waals surface area contributed by atoms with Crippen LogP contribution in [-0.2, 0) is 13.0 Å². The summed E-state index contributed by atoms with van der Waals surface area (Å²) in [4.78, 5) is 20.6. The lowest BCUT2D eigenvalue weighted by Crippen LogP contribution is -2.40. The van der Waals surface area contributed by atoms with Crippen molar-refractivity contribution in [2.45, 2.75) is 25.8 Å². The summed E-state index contributed by atoms with van der Waals surface area (Å²) < 4.78 is 1.19. The van der Waals surface area contributed by atoms with E-state index in [0.29, 0.717) is 32.5 Å². The quantitative estimate of drug-likeness (QED) is 0.215. The number of nitrogens with zero attached hydrogens (tertiary/aromatic N) is 4. The number of carbonyl (C=O) groups excluding carboxylic acids is 1. The van der Waals surface area contributed by atoms with Gasteiger partial charge in [-0.05, 0) is 54.3 Å². The molecule has 5 aromatic rings. The Morgan fingerprint density at radius 1 is 0.775 bits per heavy atom. The molecule has 0 saturated carbocycles. The highest BCUT2D eigenvalue weighted by Gasteiger charge is 2.29. The van der Waals surface area contributed by atoms with Crippen LogP contribution in [-0.4, -0.2) is 34.8 Å². The molecule has 6 nitrogen and oxygen atoms in total. The fourth-order valence-corrected chi connectivity index (χ4v) is 6.00. The van der Waals surface area contributed by atoms with E-state index in [1.165, 1.54) is 10.3 Å². The Balaban J connectivity index is 1.30. The first kappa shape index (κ1) is 25.9. The van der Waals surface area contributed by atoms with Crippen LogP contribution in [0.1, 0.15) is 29.0 Å². The van der Waals surface area contributed by atoms with Crippen LogP contribution >= 0.6 is 11.3 Å². The number of fused-ring (bicyclic) bond motifs is 2. The third-order valence-electron chi connectivity index (χ3n) is 7.09. The molecular weight excluding hydrogens is 514 g/mol. The predicted octanol–water partition coefficient (Wildman–Crippen LogP) is 7.09. The van der Waals surface area contributed by atoms with E-state index in [9.17, 15) is 4.79 Å². The summed E-state index contributed by atoms with van der Waals surface area (Å²) in [5.41, 5.74) is 13.0. The van der Waals surface area contributed by atoms with E-state index >= 15 is 0 Å². The smallest absolute Gasteiger partial charge is 0.330 e. The van der Waals surface area contributed by atoms with Gasteiger partial charge in [0.2, 0.25) is 0 Å². The van der Waals surface area contributed by atoms with Gasteiger partial charge in [-0.3, -0.25) is 4.90 Å². The van der Waals surface area contributed by atoms with E-state index in [4.69, 9.17) is 15.8 Å². The van der Waals surface area contributed by atoms with Crippen LogP contribution in [0.5, 0.6) is 0 Å². The normalized spacial score (nSPS) is 13.3. The van der Waals surface area contributed by atoms with E-state index in [2.05, 4.69) is 48.5 Å². The first-order chi connectivity index (χ1) is 19.7. The van der Waals surface area contributed by atoms with E-state index < -0.39 is 0 Å². The second-order valence-corrected chi connectivity index (χ2v) is 11.0. The average molecular weight is 546 g/mol. The van der Waals surface area contributed by atoms with Crippen molar-refractivity contribution in [1.29, 1.82) is 0 Å². The van der Waals surface area contributed by atoms with E-state index in [-0.39, 0.29) is 6.03 Å². The second kappa shape index (κ2) is 11.8. The van der Waals surface area contributed by atoms with Gasteiger partial charge in [0.05, 0.1) is 33.2 Å². The van der Waals surface area contributed by atoms with Gasteiger partial charge in [0.25, 0.3) is 0 Å². The van der Waals surface area contributed by atoms with Gasteiger partial charge in [0.1, 0.15) is 0 Å². The summed E-state index contributed by atoms with van der Waals surface area (Å²) in [7, 11) is 0. The number of hydrogen-bond donors (Lipinski definition) is 1. The number of aryl methyl sites for hydroxylation is 1. The molecule has 0 saturated heterocycles. The van der Waals surface area contributed by atoms with Gasteiger partial charge >= 0.3 is 6.03 Å². The molecule has 0 fully saturated rings. The number of amides is 2. The number of anilines is 1. The van der Waals surface area contributed by atoms with Crippen molar-refractivity contribution in [2.24, 2.45) is 10.8 Å². The standard InChI is InChI=1S/C33H31N5OS/c34-21-8-22-38-33(39)37(23-24-15-17-26(18-16-24)25-9-2-1-3-10-25)30-13-6-4-11-27(30)28(36-38)19-20-32-35-29-12-5-7-14-31(29)40-32/h1-7,9-18H,8,19-23,34H2. The molecule has 1 aliphatic rings. The van der Waals surface area contributed by atoms with Gasteiger partial charge in [-0.25, -0.2) is 14.8 Å². The second-order valence-electron chi connectivity index (χ2n) is 9.84. The van der Waals surface area contributed by atoms with Crippen LogP contribution < -0.4 is 10.6 Å².